The van der Waals surface area contributed by atoms with Gasteiger partial charge < -0.3 is 9.88 Å². The Balaban J connectivity index is 2.06. The van der Waals surface area contributed by atoms with Gasteiger partial charge in [0, 0.05) is 19.3 Å². The third kappa shape index (κ3) is 1.45. The lowest BCUT2D eigenvalue weighted by atomic mass is 10.2. The number of anilines is 1. The maximum absolute atomic E-state index is 4.62. The van der Waals surface area contributed by atoms with E-state index in [0.717, 1.165) is 24.7 Å². The van der Waals surface area contributed by atoms with Gasteiger partial charge in [0.25, 0.3) is 0 Å². The van der Waals surface area contributed by atoms with Crippen LogP contribution in [-0.2, 0) is 6.54 Å². The first-order chi connectivity index (χ1) is 7.34. The summed E-state index contributed by atoms with van der Waals surface area (Å²) in [4.78, 5) is 5.91. The molecule has 78 valence electrons. The van der Waals surface area contributed by atoms with Crippen LogP contribution < -0.4 is 5.32 Å². The number of rotatable bonds is 1. The van der Waals surface area contributed by atoms with E-state index in [1.807, 2.05) is 0 Å². The highest BCUT2D eigenvalue weighted by molar-refractivity contribution is 7.13. The van der Waals surface area contributed by atoms with Crippen LogP contribution in [0.4, 0.5) is 5.95 Å². The van der Waals surface area contributed by atoms with E-state index in [1.54, 1.807) is 11.3 Å². The average Bonchev–Trinajstić information content (AvgIpc) is 2.82. The maximum Gasteiger partial charge on any atom is 0.203 e. The molecule has 1 N–H and O–H groups in total. The van der Waals surface area contributed by atoms with E-state index in [1.165, 1.54) is 16.9 Å². The van der Waals surface area contributed by atoms with E-state index < -0.39 is 0 Å². The van der Waals surface area contributed by atoms with Crippen LogP contribution >= 0.6 is 11.3 Å². The van der Waals surface area contributed by atoms with Gasteiger partial charge in [0.15, 0.2) is 0 Å². The number of aryl methyl sites for hydroxylation is 2. The van der Waals surface area contributed by atoms with Crippen LogP contribution in [0.2, 0.25) is 0 Å². The van der Waals surface area contributed by atoms with E-state index in [-0.39, 0.29) is 0 Å². The highest BCUT2D eigenvalue weighted by Crippen LogP contribution is 2.30. The van der Waals surface area contributed by atoms with Gasteiger partial charge in [-0.05, 0) is 30.4 Å². The van der Waals surface area contributed by atoms with E-state index >= 15 is 0 Å². The van der Waals surface area contributed by atoms with Crippen molar-refractivity contribution in [1.82, 2.24) is 9.55 Å². The molecule has 0 fully saturated rings. The molecule has 0 saturated heterocycles. The average molecular weight is 219 g/mol. The van der Waals surface area contributed by atoms with Gasteiger partial charge in [-0.2, -0.15) is 0 Å². The van der Waals surface area contributed by atoms with Crippen molar-refractivity contribution < 1.29 is 0 Å². The first-order valence-electron chi connectivity index (χ1n) is 5.20. The predicted molar refractivity (Wildman–Crippen MR) is 63.4 cm³/mol. The van der Waals surface area contributed by atoms with Crippen LogP contribution in [0.5, 0.6) is 0 Å². The third-order valence-corrected chi connectivity index (χ3v) is 3.77. The molecule has 1 aliphatic rings. The SMILES string of the molecule is Cc1ccsc1-c1cn2c(n1)NCCC2. The van der Waals surface area contributed by atoms with Crippen molar-refractivity contribution in [2.24, 2.45) is 0 Å². The lowest BCUT2D eigenvalue weighted by Crippen LogP contribution is -2.16. The van der Waals surface area contributed by atoms with Gasteiger partial charge >= 0.3 is 0 Å². The van der Waals surface area contributed by atoms with Crippen LogP contribution in [0, 0.1) is 6.92 Å². The minimum atomic E-state index is 1.02. The van der Waals surface area contributed by atoms with Crippen LogP contribution in [0.3, 0.4) is 0 Å². The summed E-state index contributed by atoms with van der Waals surface area (Å²) < 4.78 is 2.21. The van der Waals surface area contributed by atoms with Crippen LogP contribution in [0.15, 0.2) is 17.6 Å². The van der Waals surface area contributed by atoms with E-state index in [0.29, 0.717) is 0 Å². The maximum atomic E-state index is 4.62. The summed E-state index contributed by atoms with van der Waals surface area (Å²) in [6.07, 6.45) is 3.34. The quantitative estimate of drug-likeness (QED) is 0.799. The van der Waals surface area contributed by atoms with Gasteiger partial charge in [0.05, 0.1) is 4.88 Å². The molecule has 2 aromatic rings. The van der Waals surface area contributed by atoms with Crippen LogP contribution in [-0.4, -0.2) is 16.1 Å². The first kappa shape index (κ1) is 8.97. The molecular weight excluding hydrogens is 206 g/mol. The highest BCUT2D eigenvalue weighted by atomic mass is 32.1. The number of fused-ring (bicyclic) bond motifs is 1. The van der Waals surface area contributed by atoms with Gasteiger partial charge in [0.2, 0.25) is 5.95 Å². The smallest absolute Gasteiger partial charge is 0.203 e. The molecule has 4 heteroatoms. The predicted octanol–water partition coefficient (Wildman–Crippen LogP) is 2.74. The second-order valence-corrected chi connectivity index (χ2v) is 4.77. The number of hydrogen-bond donors (Lipinski definition) is 1. The summed E-state index contributed by atoms with van der Waals surface area (Å²) >= 11 is 1.76. The Kier molecular flexibility index (Phi) is 2.02. The number of aromatic nitrogens is 2. The van der Waals surface area contributed by atoms with Gasteiger partial charge in [-0.25, -0.2) is 4.98 Å². The molecule has 3 nitrogen and oxygen atoms in total. The molecule has 15 heavy (non-hydrogen) atoms. The summed E-state index contributed by atoms with van der Waals surface area (Å²) in [7, 11) is 0. The molecule has 0 unspecified atom stereocenters. The highest BCUT2D eigenvalue weighted by Gasteiger charge is 2.14. The van der Waals surface area contributed by atoms with E-state index in [9.17, 15) is 0 Å². The third-order valence-electron chi connectivity index (χ3n) is 2.73. The summed E-state index contributed by atoms with van der Waals surface area (Å²) in [5.74, 6) is 1.02. The Morgan fingerprint density at radius 1 is 1.53 bits per heavy atom. The molecule has 0 aromatic carbocycles. The number of thiophene rings is 1. The summed E-state index contributed by atoms with van der Waals surface area (Å²) in [6.45, 7) is 4.26. The van der Waals surface area contributed by atoms with Crippen molar-refractivity contribution in [1.29, 1.82) is 0 Å². The number of nitrogens with one attached hydrogen (secondary N) is 1. The van der Waals surface area contributed by atoms with Crippen LogP contribution in [0.25, 0.3) is 10.6 Å². The molecule has 0 radical (unpaired) electrons. The van der Waals surface area contributed by atoms with Crippen molar-refractivity contribution in [2.75, 3.05) is 11.9 Å². The largest absolute Gasteiger partial charge is 0.356 e. The molecule has 0 bridgehead atoms. The molecule has 0 aliphatic carbocycles. The second kappa shape index (κ2) is 3.38. The van der Waals surface area contributed by atoms with Gasteiger partial charge in [-0.3, -0.25) is 0 Å². The summed E-state index contributed by atoms with van der Waals surface area (Å²) in [5, 5.41) is 5.44. The molecule has 2 aromatic heterocycles. The van der Waals surface area contributed by atoms with Gasteiger partial charge in [-0.15, -0.1) is 11.3 Å². The topological polar surface area (TPSA) is 29.9 Å². The van der Waals surface area contributed by atoms with Gasteiger partial charge in [0.1, 0.15) is 5.69 Å². The molecule has 1 aliphatic heterocycles. The minimum absolute atomic E-state index is 1.02. The number of hydrogen-bond acceptors (Lipinski definition) is 3. The Morgan fingerprint density at radius 3 is 3.20 bits per heavy atom. The first-order valence-corrected chi connectivity index (χ1v) is 6.08. The van der Waals surface area contributed by atoms with Crippen molar-refractivity contribution in [3.8, 4) is 10.6 Å². The minimum Gasteiger partial charge on any atom is -0.356 e. The lowest BCUT2D eigenvalue weighted by Gasteiger charge is -2.14. The van der Waals surface area contributed by atoms with Crippen molar-refractivity contribution >= 4 is 17.3 Å². The van der Waals surface area contributed by atoms with Crippen molar-refractivity contribution in [3.05, 3.63) is 23.2 Å². The molecule has 0 amide bonds. The standard InChI is InChI=1S/C11H13N3S/c1-8-3-6-15-10(8)9-7-14-5-2-4-12-11(14)13-9/h3,6-7H,2,4-5H2,1H3,(H,12,13). The molecule has 3 rings (SSSR count). The Labute approximate surface area is 92.8 Å². The zero-order chi connectivity index (χ0) is 10.3. The Bertz CT molecular complexity index is 460. The zero-order valence-corrected chi connectivity index (χ0v) is 9.47. The summed E-state index contributed by atoms with van der Waals surface area (Å²) in [5.41, 5.74) is 2.42. The number of nitrogens with zero attached hydrogens (tertiary/aromatic N) is 2. The second-order valence-electron chi connectivity index (χ2n) is 3.86. The molecule has 0 spiro atoms. The Hall–Kier alpha value is -1.29. The monoisotopic (exact) mass is 219 g/mol. The summed E-state index contributed by atoms with van der Waals surface area (Å²) in [6, 6.07) is 2.14. The Morgan fingerprint density at radius 2 is 2.47 bits per heavy atom. The number of imidazole rings is 1. The molecule has 3 heterocycles. The fourth-order valence-electron chi connectivity index (χ4n) is 1.92. The fraction of sp³-hybridized carbons (Fsp3) is 0.364. The fourth-order valence-corrected chi connectivity index (χ4v) is 2.80. The van der Waals surface area contributed by atoms with E-state index in [2.05, 4.69) is 39.4 Å². The van der Waals surface area contributed by atoms with Gasteiger partial charge in [-0.1, -0.05) is 0 Å². The molecular formula is C11H13N3S. The normalized spacial score (nSPS) is 14.7. The molecule has 0 saturated carbocycles. The zero-order valence-electron chi connectivity index (χ0n) is 8.66. The van der Waals surface area contributed by atoms with Crippen molar-refractivity contribution in [3.63, 3.8) is 0 Å². The van der Waals surface area contributed by atoms with Crippen molar-refractivity contribution in [2.45, 2.75) is 19.9 Å². The lowest BCUT2D eigenvalue weighted by molar-refractivity contribution is 0.627. The van der Waals surface area contributed by atoms with Crippen LogP contribution in [0.1, 0.15) is 12.0 Å². The van der Waals surface area contributed by atoms with E-state index in [4.69, 9.17) is 0 Å². The molecule has 0 atom stereocenters.